The zero-order chi connectivity index (χ0) is 11.7. The minimum atomic E-state index is -0.851. The number of para-hydroxylation sites is 1. The third-order valence-electron chi connectivity index (χ3n) is 2.24. The third kappa shape index (κ3) is 1.42. The molecule has 0 saturated carbocycles. The molecule has 1 amide bonds. The van der Waals surface area contributed by atoms with Gasteiger partial charge in [0.1, 0.15) is 11.3 Å². The molecule has 0 aliphatic rings. The number of carbonyl (C=O) groups excluding carboxylic acids is 1. The maximum absolute atomic E-state index is 11.5. The second-order valence-corrected chi connectivity index (χ2v) is 3.19. The summed E-state index contributed by atoms with van der Waals surface area (Å²) >= 11 is 0. The topological polar surface area (TPSA) is 79.5 Å². The van der Waals surface area contributed by atoms with Gasteiger partial charge in [-0.3, -0.25) is 4.79 Å². The first-order chi connectivity index (χ1) is 7.65. The molecule has 0 unspecified atom stereocenters. The quantitative estimate of drug-likeness (QED) is 0.697. The molecular formula is C11H9NO4. The summed E-state index contributed by atoms with van der Waals surface area (Å²) in [5, 5.41) is 12.4. The number of fused-ring (bicyclic) bond motifs is 1. The predicted molar refractivity (Wildman–Crippen MR) is 57.5 cm³/mol. The maximum Gasteiger partial charge on any atom is 0.353 e. The van der Waals surface area contributed by atoms with E-state index in [9.17, 15) is 14.7 Å². The molecule has 0 saturated heterocycles. The van der Waals surface area contributed by atoms with Gasteiger partial charge in [0.05, 0.1) is 5.39 Å². The van der Waals surface area contributed by atoms with E-state index in [2.05, 4.69) is 5.32 Å². The molecule has 0 radical (unpaired) electrons. The lowest BCUT2D eigenvalue weighted by atomic mass is 10.1. The van der Waals surface area contributed by atoms with Crippen LogP contribution in [0.3, 0.4) is 0 Å². The van der Waals surface area contributed by atoms with Crippen LogP contribution in [0.25, 0.3) is 11.0 Å². The molecule has 82 valence electrons. The molecule has 0 atom stereocenters. The molecule has 0 aliphatic heterocycles. The number of aromatic hydroxyl groups is 1. The van der Waals surface area contributed by atoms with Crippen molar-refractivity contribution in [1.29, 1.82) is 0 Å². The summed E-state index contributed by atoms with van der Waals surface area (Å²) < 4.78 is 4.92. The SMILES string of the molecule is CNC(=O)c1c(O)c2ccccc2oc1=O. The van der Waals surface area contributed by atoms with Crippen LogP contribution in [0.5, 0.6) is 5.75 Å². The highest BCUT2D eigenvalue weighted by molar-refractivity contribution is 6.01. The zero-order valence-corrected chi connectivity index (χ0v) is 8.48. The van der Waals surface area contributed by atoms with Crippen molar-refractivity contribution in [2.75, 3.05) is 7.05 Å². The van der Waals surface area contributed by atoms with Gasteiger partial charge >= 0.3 is 5.63 Å². The van der Waals surface area contributed by atoms with Gasteiger partial charge in [0.2, 0.25) is 0 Å². The van der Waals surface area contributed by atoms with Gasteiger partial charge in [0, 0.05) is 7.05 Å². The second kappa shape index (κ2) is 3.69. The molecular weight excluding hydrogens is 210 g/mol. The first kappa shape index (κ1) is 10.2. The van der Waals surface area contributed by atoms with Crippen molar-refractivity contribution in [3.63, 3.8) is 0 Å². The fourth-order valence-electron chi connectivity index (χ4n) is 1.46. The Morgan fingerprint density at radius 2 is 2.06 bits per heavy atom. The first-order valence-electron chi connectivity index (χ1n) is 4.62. The van der Waals surface area contributed by atoms with Crippen molar-refractivity contribution < 1.29 is 14.3 Å². The molecule has 5 nitrogen and oxygen atoms in total. The standard InChI is InChI=1S/C11H9NO4/c1-12-10(14)8-9(13)6-4-2-3-5-7(6)16-11(8)15/h2-5,13H,1H3,(H,12,14). The molecule has 1 aromatic carbocycles. The summed E-state index contributed by atoms with van der Waals surface area (Å²) in [6.07, 6.45) is 0. The number of nitrogens with one attached hydrogen (secondary N) is 1. The van der Waals surface area contributed by atoms with Crippen molar-refractivity contribution >= 4 is 16.9 Å². The van der Waals surface area contributed by atoms with Crippen LogP contribution < -0.4 is 10.9 Å². The highest BCUT2D eigenvalue weighted by atomic mass is 16.4. The lowest BCUT2D eigenvalue weighted by Gasteiger charge is -2.04. The molecule has 2 aromatic rings. The van der Waals surface area contributed by atoms with Gasteiger partial charge in [0.15, 0.2) is 5.56 Å². The van der Waals surface area contributed by atoms with Crippen molar-refractivity contribution in [3.8, 4) is 5.75 Å². The van der Waals surface area contributed by atoms with Crippen molar-refractivity contribution in [1.82, 2.24) is 5.32 Å². The summed E-state index contributed by atoms with van der Waals surface area (Å²) in [6, 6.07) is 6.46. The highest BCUT2D eigenvalue weighted by Gasteiger charge is 2.19. The summed E-state index contributed by atoms with van der Waals surface area (Å²) in [4.78, 5) is 22.8. The Balaban J connectivity index is 2.86. The minimum absolute atomic E-state index is 0.248. The van der Waals surface area contributed by atoms with Crippen LogP contribution >= 0.6 is 0 Å². The molecule has 1 aromatic heterocycles. The fourth-order valence-corrected chi connectivity index (χ4v) is 1.46. The number of rotatable bonds is 1. The Morgan fingerprint density at radius 3 is 2.75 bits per heavy atom. The van der Waals surface area contributed by atoms with E-state index in [1.54, 1.807) is 24.3 Å². The molecule has 1 heterocycles. The van der Waals surface area contributed by atoms with Crippen LogP contribution in [-0.4, -0.2) is 18.1 Å². The van der Waals surface area contributed by atoms with Crippen LogP contribution in [0, 0.1) is 0 Å². The van der Waals surface area contributed by atoms with Crippen LogP contribution in [0.4, 0.5) is 0 Å². The monoisotopic (exact) mass is 219 g/mol. The van der Waals surface area contributed by atoms with Crippen LogP contribution in [-0.2, 0) is 0 Å². The molecule has 0 bridgehead atoms. The van der Waals surface area contributed by atoms with Gasteiger partial charge in [-0.25, -0.2) is 4.79 Å². The van der Waals surface area contributed by atoms with E-state index in [0.717, 1.165) is 0 Å². The van der Waals surface area contributed by atoms with E-state index in [4.69, 9.17) is 4.42 Å². The normalized spacial score (nSPS) is 10.3. The third-order valence-corrected chi connectivity index (χ3v) is 2.24. The highest BCUT2D eigenvalue weighted by Crippen LogP contribution is 2.25. The summed E-state index contributed by atoms with van der Waals surface area (Å²) in [7, 11) is 1.37. The van der Waals surface area contributed by atoms with Gasteiger partial charge < -0.3 is 14.8 Å². The van der Waals surface area contributed by atoms with Crippen LogP contribution in [0.2, 0.25) is 0 Å². The van der Waals surface area contributed by atoms with Gasteiger partial charge in [-0.15, -0.1) is 0 Å². The minimum Gasteiger partial charge on any atom is -0.506 e. The average molecular weight is 219 g/mol. The number of hydrogen-bond donors (Lipinski definition) is 2. The van der Waals surface area contributed by atoms with Gasteiger partial charge in [-0.1, -0.05) is 12.1 Å². The number of hydrogen-bond acceptors (Lipinski definition) is 4. The Hall–Kier alpha value is -2.30. The van der Waals surface area contributed by atoms with Gasteiger partial charge in [0.25, 0.3) is 5.91 Å². The van der Waals surface area contributed by atoms with E-state index in [1.807, 2.05) is 0 Å². The maximum atomic E-state index is 11.5. The average Bonchev–Trinajstić information content (AvgIpc) is 2.28. The van der Waals surface area contributed by atoms with Crippen molar-refractivity contribution in [2.45, 2.75) is 0 Å². The zero-order valence-electron chi connectivity index (χ0n) is 8.48. The van der Waals surface area contributed by atoms with E-state index >= 15 is 0 Å². The fraction of sp³-hybridized carbons (Fsp3) is 0.0909. The van der Waals surface area contributed by atoms with E-state index in [1.165, 1.54) is 7.05 Å². The Bertz CT molecular complexity index is 615. The smallest absolute Gasteiger partial charge is 0.353 e. The molecule has 2 N–H and O–H groups in total. The lowest BCUT2D eigenvalue weighted by Crippen LogP contribution is -2.24. The van der Waals surface area contributed by atoms with E-state index in [-0.39, 0.29) is 16.9 Å². The molecule has 0 spiro atoms. The van der Waals surface area contributed by atoms with Crippen LogP contribution in [0.1, 0.15) is 10.4 Å². The van der Waals surface area contributed by atoms with Gasteiger partial charge in [-0.2, -0.15) is 0 Å². The molecule has 0 fully saturated rings. The lowest BCUT2D eigenvalue weighted by molar-refractivity contribution is 0.0957. The number of benzene rings is 1. The van der Waals surface area contributed by atoms with E-state index < -0.39 is 11.5 Å². The number of amides is 1. The Morgan fingerprint density at radius 1 is 1.38 bits per heavy atom. The largest absolute Gasteiger partial charge is 0.506 e. The van der Waals surface area contributed by atoms with Crippen molar-refractivity contribution in [3.05, 3.63) is 40.2 Å². The Kier molecular flexibility index (Phi) is 2.36. The molecule has 0 aliphatic carbocycles. The summed E-state index contributed by atoms with van der Waals surface area (Å²) in [5.74, 6) is -1.02. The van der Waals surface area contributed by atoms with Crippen LogP contribution in [0.15, 0.2) is 33.5 Å². The molecule has 16 heavy (non-hydrogen) atoms. The predicted octanol–water partition coefficient (Wildman–Crippen LogP) is 0.858. The molecule has 5 heteroatoms. The second-order valence-electron chi connectivity index (χ2n) is 3.19. The first-order valence-corrected chi connectivity index (χ1v) is 4.62. The van der Waals surface area contributed by atoms with E-state index in [0.29, 0.717) is 5.39 Å². The molecule has 2 rings (SSSR count). The van der Waals surface area contributed by atoms with Crippen molar-refractivity contribution in [2.24, 2.45) is 0 Å². The number of carbonyl (C=O) groups is 1. The Labute approximate surface area is 90.3 Å². The van der Waals surface area contributed by atoms with Gasteiger partial charge in [-0.05, 0) is 12.1 Å². The summed E-state index contributed by atoms with van der Waals surface area (Å²) in [5.41, 5.74) is -0.977. The summed E-state index contributed by atoms with van der Waals surface area (Å²) in [6.45, 7) is 0.